The van der Waals surface area contributed by atoms with E-state index < -0.39 is 0 Å². The molecule has 16 heavy (non-hydrogen) atoms. The van der Waals surface area contributed by atoms with Crippen LogP contribution in [0.3, 0.4) is 0 Å². The third-order valence-corrected chi connectivity index (χ3v) is 3.93. The molecule has 1 aliphatic rings. The van der Waals surface area contributed by atoms with E-state index in [9.17, 15) is 0 Å². The molecule has 1 fully saturated rings. The van der Waals surface area contributed by atoms with Gasteiger partial charge in [0.15, 0.2) is 0 Å². The summed E-state index contributed by atoms with van der Waals surface area (Å²) < 4.78 is 2.06. The summed E-state index contributed by atoms with van der Waals surface area (Å²) in [6, 6.07) is 2.62. The van der Waals surface area contributed by atoms with Crippen LogP contribution in [-0.2, 0) is 0 Å². The zero-order valence-corrected chi connectivity index (χ0v) is 12.4. The molecule has 0 aliphatic carbocycles. The average molecular weight is 349 g/mol. The van der Waals surface area contributed by atoms with E-state index in [1.54, 1.807) is 0 Å². The van der Waals surface area contributed by atoms with Gasteiger partial charge in [0, 0.05) is 29.8 Å². The Labute approximate surface area is 113 Å². The molecule has 1 N–H and O–H groups in total. The maximum Gasteiger partial charge on any atom is 0.142 e. The molecule has 88 valence electrons. The molecule has 1 saturated heterocycles. The van der Waals surface area contributed by atoms with E-state index in [0.29, 0.717) is 6.04 Å². The summed E-state index contributed by atoms with van der Waals surface area (Å²) in [6.45, 7) is 2.12. The molecule has 1 aliphatic heterocycles. The Morgan fingerprint density at radius 3 is 3.00 bits per heavy atom. The summed E-state index contributed by atoms with van der Waals surface area (Å²) in [6.07, 6.45) is 4.32. The van der Waals surface area contributed by atoms with Crippen molar-refractivity contribution in [3.63, 3.8) is 0 Å². The lowest BCUT2D eigenvalue weighted by atomic mass is 10.1. The first-order chi connectivity index (χ1) is 7.70. The van der Waals surface area contributed by atoms with Gasteiger partial charge in [-0.15, -0.1) is 0 Å². The highest BCUT2D eigenvalue weighted by atomic mass is 79.9. The zero-order valence-electron chi connectivity index (χ0n) is 9.21. The normalized spacial score (nSPS) is 21.2. The zero-order chi connectivity index (χ0) is 11.5. The molecule has 0 aromatic carbocycles. The Hall–Kier alpha value is -0.130. The summed E-state index contributed by atoms with van der Waals surface area (Å²) >= 11 is 6.99. The molecule has 5 heteroatoms. The lowest BCUT2D eigenvalue weighted by molar-refractivity contribution is 0.447. The minimum atomic E-state index is 0.575. The van der Waals surface area contributed by atoms with Crippen molar-refractivity contribution in [2.24, 2.45) is 0 Å². The van der Waals surface area contributed by atoms with Gasteiger partial charge >= 0.3 is 0 Å². The van der Waals surface area contributed by atoms with Crippen molar-refractivity contribution < 1.29 is 0 Å². The number of rotatable bonds is 2. The second-order valence-electron chi connectivity index (χ2n) is 4.03. The Morgan fingerprint density at radius 1 is 1.50 bits per heavy atom. The van der Waals surface area contributed by atoms with Crippen LogP contribution >= 0.6 is 31.9 Å². The number of anilines is 1. The molecule has 0 amide bonds. The summed E-state index contributed by atoms with van der Waals surface area (Å²) in [4.78, 5) is 6.81. The molecule has 0 bridgehead atoms. The van der Waals surface area contributed by atoms with Gasteiger partial charge in [-0.1, -0.05) is 0 Å². The number of hydrogen-bond acceptors (Lipinski definition) is 3. The molecule has 0 radical (unpaired) electrons. The molecule has 1 unspecified atom stereocenters. The van der Waals surface area contributed by atoms with Crippen molar-refractivity contribution in [3.05, 3.63) is 21.2 Å². The summed E-state index contributed by atoms with van der Waals surface area (Å²) in [7, 11) is 2.03. The summed E-state index contributed by atoms with van der Waals surface area (Å²) in [5, 5.41) is 3.34. The Bertz CT molecular complexity index is 370. The number of hydrogen-bond donors (Lipinski definition) is 1. The van der Waals surface area contributed by atoms with E-state index in [-0.39, 0.29) is 0 Å². The Balaban J connectivity index is 2.16. The van der Waals surface area contributed by atoms with Crippen molar-refractivity contribution in [3.8, 4) is 0 Å². The van der Waals surface area contributed by atoms with Gasteiger partial charge in [-0.05, 0) is 57.8 Å². The van der Waals surface area contributed by atoms with E-state index >= 15 is 0 Å². The van der Waals surface area contributed by atoms with Crippen LogP contribution in [0.2, 0.25) is 0 Å². The van der Waals surface area contributed by atoms with Crippen molar-refractivity contribution in [1.82, 2.24) is 10.3 Å². The van der Waals surface area contributed by atoms with Crippen LogP contribution in [0.15, 0.2) is 21.2 Å². The maximum atomic E-state index is 4.47. The highest BCUT2D eigenvalue weighted by Gasteiger charge is 2.20. The number of piperidine rings is 1. The second-order valence-corrected chi connectivity index (χ2v) is 5.80. The van der Waals surface area contributed by atoms with Gasteiger partial charge in [-0.25, -0.2) is 4.98 Å². The van der Waals surface area contributed by atoms with Gasteiger partial charge in [-0.2, -0.15) is 0 Å². The molecule has 1 atom stereocenters. The monoisotopic (exact) mass is 347 g/mol. The summed E-state index contributed by atoms with van der Waals surface area (Å²) in [5.41, 5.74) is 0. The van der Waals surface area contributed by atoms with Crippen molar-refractivity contribution in [1.29, 1.82) is 0 Å². The fourth-order valence-electron chi connectivity index (χ4n) is 2.05. The van der Waals surface area contributed by atoms with Gasteiger partial charge in [0.1, 0.15) is 5.82 Å². The van der Waals surface area contributed by atoms with E-state index in [1.807, 2.05) is 19.3 Å². The highest BCUT2D eigenvalue weighted by Crippen LogP contribution is 2.28. The van der Waals surface area contributed by atoms with Crippen molar-refractivity contribution in [2.75, 3.05) is 25.0 Å². The maximum absolute atomic E-state index is 4.47. The molecule has 0 saturated carbocycles. The van der Waals surface area contributed by atoms with Crippen LogP contribution in [0.25, 0.3) is 0 Å². The fraction of sp³-hybridized carbons (Fsp3) is 0.545. The Morgan fingerprint density at radius 2 is 2.31 bits per heavy atom. The topological polar surface area (TPSA) is 28.2 Å². The number of likely N-dealkylation sites (N-methyl/N-ethyl adjacent to an activating group) is 1. The van der Waals surface area contributed by atoms with Gasteiger partial charge in [0.2, 0.25) is 0 Å². The Kier molecular flexibility index (Phi) is 4.21. The van der Waals surface area contributed by atoms with Crippen LogP contribution in [0, 0.1) is 0 Å². The molecular formula is C11H15Br2N3. The lowest BCUT2D eigenvalue weighted by Crippen LogP contribution is -2.44. The first kappa shape index (κ1) is 12.3. The number of nitrogens with zero attached hydrogens (tertiary/aromatic N) is 2. The second kappa shape index (κ2) is 5.47. The number of aromatic nitrogens is 1. The minimum absolute atomic E-state index is 0.575. The fourth-order valence-corrected chi connectivity index (χ4v) is 3.28. The van der Waals surface area contributed by atoms with Gasteiger partial charge < -0.3 is 10.2 Å². The van der Waals surface area contributed by atoms with Crippen molar-refractivity contribution in [2.45, 2.75) is 18.9 Å². The number of halogens is 2. The lowest BCUT2D eigenvalue weighted by Gasteiger charge is -2.33. The number of pyridine rings is 1. The SMILES string of the molecule is CNC1CCCN(c2ncc(Br)cc2Br)C1. The van der Waals surface area contributed by atoms with Crippen LogP contribution < -0.4 is 10.2 Å². The predicted octanol–water partition coefficient (Wildman–Crippen LogP) is 2.79. The first-order valence-corrected chi connectivity index (χ1v) is 7.02. The predicted molar refractivity (Wildman–Crippen MR) is 73.9 cm³/mol. The average Bonchev–Trinajstić information content (AvgIpc) is 2.29. The smallest absolute Gasteiger partial charge is 0.142 e. The van der Waals surface area contributed by atoms with Crippen LogP contribution in [-0.4, -0.2) is 31.2 Å². The quantitative estimate of drug-likeness (QED) is 0.890. The number of nitrogens with one attached hydrogen (secondary N) is 1. The van der Waals surface area contributed by atoms with Crippen LogP contribution in [0.5, 0.6) is 0 Å². The molecular weight excluding hydrogens is 334 g/mol. The standard InChI is InChI=1S/C11H15Br2N3/c1-14-9-3-2-4-16(7-9)11-10(13)5-8(12)6-15-11/h5-6,9,14H,2-4,7H2,1H3. The van der Waals surface area contributed by atoms with Crippen molar-refractivity contribution >= 4 is 37.7 Å². The molecule has 2 heterocycles. The molecule has 1 aromatic heterocycles. The molecule has 3 nitrogen and oxygen atoms in total. The molecule has 2 rings (SSSR count). The van der Waals surface area contributed by atoms with Gasteiger partial charge in [-0.3, -0.25) is 0 Å². The van der Waals surface area contributed by atoms with Gasteiger partial charge in [0.25, 0.3) is 0 Å². The first-order valence-electron chi connectivity index (χ1n) is 5.44. The summed E-state index contributed by atoms with van der Waals surface area (Å²) in [5.74, 6) is 1.04. The largest absolute Gasteiger partial charge is 0.354 e. The minimum Gasteiger partial charge on any atom is -0.354 e. The van der Waals surface area contributed by atoms with E-state index in [2.05, 4.69) is 47.1 Å². The van der Waals surface area contributed by atoms with Crippen LogP contribution in [0.1, 0.15) is 12.8 Å². The highest BCUT2D eigenvalue weighted by molar-refractivity contribution is 9.11. The van der Waals surface area contributed by atoms with Crippen LogP contribution in [0.4, 0.5) is 5.82 Å². The van der Waals surface area contributed by atoms with E-state index in [1.165, 1.54) is 12.8 Å². The third-order valence-electron chi connectivity index (χ3n) is 2.92. The van der Waals surface area contributed by atoms with E-state index in [4.69, 9.17) is 0 Å². The third kappa shape index (κ3) is 2.76. The van der Waals surface area contributed by atoms with Gasteiger partial charge in [0.05, 0.1) is 4.47 Å². The molecule has 0 spiro atoms. The molecule has 1 aromatic rings. The van der Waals surface area contributed by atoms with E-state index in [0.717, 1.165) is 27.9 Å².